The van der Waals surface area contributed by atoms with Crippen LogP contribution in [0.4, 0.5) is 11.6 Å². The number of aromatic nitrogens is 5. The highest BCUT2D eigenvalue weighted by molar-refractivity contribution is 5.88. The van der Waals surface area contributed by atoms with E-state index in [1.54, 1.807) is 17.9 Å². The average Bonchev–Trinajstić information content (AvgIpc) is 3.48. The number of methoxy groups -OCH3 is 1. The van der Waals surface area contributed by atoms with Gasteiger partial charge in [0, 0.05) is 56.7 Å². The third-order valence-electron chi connectivity index (χ3n) is 9.25. The van der Waals surface area contributed by atoms with Gasteiger partial charge in [-0.05, 0) is 69.5 Å². The van der Waals surface area contributed by atoms with Crippen LogP contribution in [0.3, 0.4) is 0 Å². The van der Waals surface area contributed by atoms with E-state index in [1.165, 1.54) is 0 Å². The molecule has 11 heteroatoms. The topological polar surface area (TPSA) is 102 Å². The summed E-state index contributed by atoms with van der Waals surface area (Å²) in [5, 5.41) is 3.69. The van der Waals surface area contributed by atoms with Gasteiger partial charge in [0.2, 0.25) is 11.7 Å². The van der Waals surface area contributed by atoms with E-state index in [1.807, 2.05) is 78.9 Å². The number of rotatable bonds is 10. The Kier molecular flexibility index (Phi) is 8.72. The van der Waals surface area contributed by atoms with E-state index in [4.69, 9.17) is 19.4 Å². The maximum absolute atomic E-state index is 14.1. The van der Waals surface area contributed by atoms with Crippen molar-refractivity contribution in [2.24, 2.45) is 0 Å². The van der Waals surface area contributed by atoms with Gasteiger partial charge < -0.3 is 19.7 Å². The van der Waals surface area contributed by atoms with Crippen molar-refractivity contribution in [1.82, 2.24) is 33.7 Å². The van der Waals surface area contributed by atoms with Gasteiger partial charge in [-0.1, -0.05) is 30.3 Å². The fourth-order valence-corrected chi connectivity index (χ4v) is 6.66. The van der Waals surface area contributed by atoms with E-state index < -0.39 is 0 Å². The Morgan fingerprint density at radius 2 is 1.69 bits per heavy atom. The number of para-hydroxylation sites is 3. The minimum Gasteiger partial charge on any atom is -0.493 e. The Balaban J connectivity index is 1.15. The molecule has 48 heavy (non-hydrogen) atoms. The largest absolute Gasteiger partial charge is 0.493 e. The van der Waals surface area contributed by atoms with E-state index in [2.05, 4.69) is 33.9 Å². The number of fused-ring (bicyclic) bond motifs is 5. The molecule has 0 unspecified atom stereocenters. The second-order valence-electron chi connectivity index (χ2n) is 12.7. The Morgan fingerprint density at radius 3 is 2.44 bits per heavy atom. The lowest BCUT2D eigenvalue weighted by Gasteiger charge is -2.36. The first-order valence-electron chi connectivity index (χ1n) is 16.6. The molecule has 7 rings (SSSR count). The van der Waals surface area contributed by atoms with Gasteiger partial charge in [-0.25, -0.2) is 14.5 Å². The Labute approximate surface area is 279 Å². The Hall–Kier alpha value is -5.00. The van der Waals surface area contributed by atoms with Gasteiger partial charge in [0.05, 0.1) is 30.4 Å². The van der Waals surface area contributed by atoms with Crippen molar-refractivity contribution in [2.75, 3.05) is 51.8 Å². The number of nitrogens with zero attached hydrogens (tertiary/aromatic N) is 7. The summed E-state index contributed by atoms with van der Waals surface area (Å²) < 4.78 is 15.4. The minimum atomic E-state index is -0.224. The molecule has 1 N–H and O–H groups in total. The number of piperazine rings is 1. The quantitative estimate of drug-likeness (QED) is 0.187. The summed E-state index contributed by atoms with van der Waals surface area (Å²) in [4.78, 5) is 33.5. The zero-order valence-corrected chi connectivity index (χ0v) is 28.2. The van der Waals surface area contributed by atoms with E-state index in [0.29, 0.717) is 46.9 Å². The molecule has 0 saturated carbocycles. The summed E-state index contributed by atoms with van der Waals surface area (Å²) in [6.07, 6.45) is 2.53. The number of hydrogen-bond acceptors (Lipinski definition) is 9. The summed E-state index contributed by atoms with van der Waals surface area (Å²) in [5.41, 5.74) is 5.37. The lowest BCUT2D eigenvalue weighted by Crippen LogP contribution is -2.49. The normalized spacial score (nSPS) is 14.4. The highest BCUT2D eigenvalue weighted by atomic mass is 16.5. The lowest BCUT2D eigenvalue weighted by molar-refractivity contribution is 0.104. The van der Waals surface area contributed by atoms with Crippen LogP contribution in [0.2, 0.25) is 0 Å². The minimum absolute atomic E-state index is 0.224. The van der Waals surface area contributed by atoms with Crippen molar-refractivity contribution < 1.29 is 9.47 Å². The molecule has 1 saturated heterocycles. The first-order valence-corrected chi connectivity index (χ1v) is 16.6. The summed E-state index contributed by atoms with van der Waals surface area (Å²) in [7, 11) is 1.63. The van der Waals surface area contributed by atoms with Crippen LogP contribution in [0.5, 0.6) is 11.5 Å². The van der Waals surface area contributed by atoms with Crippen LogP contribution in [0.25, 0.3) is 33.5 Å². The molecule has 3 aromatic heterocycles. The van der Waals surface area contributed by atoms with Gasteiger partial charge in [-0.2, -0.15) is 4.98 Å². The Bertz CT molecular complexity index is 2140. The molecule has 0 radical (unpaired) electrons. The van der Waals surface area contributed by atoms with Gasteiger partial charge in [0.25, 0.3) is 5.56 Å². The summed E-state index contributed by atoms with van der Waals surface area (Å²) in [6.45, 7) is 14.6. The van der Waals surface area contributed by atoms with Crippen molar-refractivity contribution in [3.63, 3.8) is 0 Å². The first kappa shape index (κ1) is 31.6. The number of benzene rings is 3. The average molecular weight is 647 g/mol. The van der Waals surface area contributed by atoms with Crippen LogP contribution < -0.4 is 20.3 Å². The van der Waals surface area contributed by atoms with E-state index in [0.717, 1.165) is 72.7 Å². The van der Waals surface area contributed by atoms with Crippen LogP contribution in [0.15, 0.2) is 71.7 Å². The zero-order valence-electron chi connectivity index (χ0n) is 28.2. The standard InChI is InChI=1S/C37H42N8O3/c1-24(2)43-19-17-42(18-20-43)16-9-21-48-31-15-14-27(22-32(31)47-5)39-36-38-23-28-34(41-36)44-30-13-7-6-12-29(30)40-37(44)45(35(28)46)33-25(3)10-8-11-26(33)4/h6-8,10-15,22-24H,9,16-21H2,1-5H3,(H,38,39,41). The molecule has 248 valence electrons. The van der Waals surface area contributed by atoms with Crippen LogP contribution >= 0.6 is 0 Å². The van der Waals surface area contributed by atoms with Crippen LogP contribution in [0, 0.1) is 13.8 Å². The number of nitrogens with one attached hydrogen (secondary N) is 1. The predicted octanol–water partition coefficient (Wildman–Crippen LogP) is 5.75. The van der Waals surface area contributed by atoms with E-state index in [9.17, 15) is 4.79 Å². The van der Waals surface area contributed by atoms with Gasteiger partial charge in [0.1, 0.15) is 5.39 Å². The predicted molar refractivity (Wildman–Crippen MR) is 190 cm³/mol. The molecule has 0 amide bonds. The highest BCUT2D eigenvalue weighted by Crippen LogP contribution is 2.32. The smallest absolute Gasteiger partial charge is 0.270 e. The molecule has 0 atom stereocenters. The van der Waals surface area contributed by atoms with Crippen LogP contribution in [-0.2, 0) is 0 Å². The van der Waals surface area contributed by atoms with Crippen molar-refractivity contribution in [2.45, 2.75) is 40.2 Å². The fraction of sp³-hybridized carbons (Fsp3) is 0.351. The summed E-state index contributed by atoms with van der Waals surface area (Å²) in [6, 6.07) is 20.1. The maximum Gasteiger partial charge on any atom is 0.270 e. The third kappa shape index (κ3) is 5.95. The summed E-state index contributed by atoms with van der Waals surface area (Å²) >= 11 is 0. The molecule has 1 aliphatic heterocycles. The molecule has 11 nitrogen and oxygen atoms in total. The second kappa shape index (κ2) is 13.2. The number of anilines is 2. The third-order valence-corrected chi connectivity index (χ3v) is 9.25. The molecular formula is C37H42N8O3. The number of ether oxygens (including phenoxy) is 2. The molecule has 0 spiro atoms. The van der Waals surface area contributed by atoms with Crippen LogP contribution in [-0.4, -0.2) is 86.2 Å². The summed E-state index contributed by atoms with van der Waals surface area (Å²) in [5.74, 6) is 2.15. The van der Waals surface area contributed by atoms with Crippen molar-refractivity contribution in [3.8, 4) is 17.2 Å². The van der Waals surface area contributed by atoms with Gasteiger partial charge in [-0.3, -0.25) is 14.1 Å². The van der Waals surface area contributed by atoms with Gasteiger partial charge in [-0.15, -0.1) is 0 Å². The molecule has 4 heterocycles. The van der Waals surface area contributed by atoms with Crippen molar-refractivity contribution in [1.29, 1.82) is 0 Å². The maximum atomic E-state index is 14.1. The Morgan fingerprint density at radius 1 is 0.917 bits per heavy atom. The molecule has 1 fully saturated rings. The molecule has 6 aromatic rings. The fourth-order valence-electron chi connectivity index (χ4n) is 6.66. The molecule has 0 bridgehead atoms. The SMILES string of the molecule is COc1cc(Nc2ncc3c(=O)n(-c4c(C)cccc4C)c4nc5ccccc5n4c3n2)ccc1OCCCN1CCN(C(C)C)CC1. The second-order valence-corrected chi connectivity index (χ2v) is 12.7. The zero-order chi connectivity index (χ0) is 33.4. The lowest BCUT2D eigenvalue weighted by atomic mass is 10.1. The molecular weight excluding hydrogens is 604 g/mol. The van der Waals surface area contributed by atoms with E-state index >= 15 is 0 Å². The highest BCUT2D eigenvalue weighted by Gasteiger charge is 2.21. The first-order chi connectivity index (χ1) is 23.3. The number of aryl methyl sites for hydroxylation is 2. The number of hydrogen-bond donors (Lipinski definition) is 1. The van der Waals surface area contributed by atoms with Gasteiger partial charge >= 0.3 is 0 Å². The van der Waals surface area contributed by atoms with Crippen molar-refractivity contribution in [3.05, 3.63) is 88.3 Å². The van der Waals surface area contributed by atoms with E-state index in [-0.39, 0.29) is 5.56 Å². The molecule has 1 aliphatic rings. The molecule has 3 aromatic carbocycles. The van der Waals surface area contributed by atoms with Crippen molar-refractivity contribution >= 4 is 39.5 Å². The molecule has 0 aliphatic carbocycles. The van der Waals surface area contributed by atoms with Crippen LogP contribution in [0.1, 0.15) is 31.4 Å². The monoisotopic (exact) mass is 646 g/mol. The number of imidazole rings is 1. The van der Waals surface area contributed by atoms with Gasteiger partial charge in [0.15, 0.2) is 17.1 Å².